The number of hydrogen-bond donors (Lipinski definition) is 0. The van der Waals surface area contributed by atoms with Gasteiger partial charge >= 0.3 is 5.69 Å². The summed E-state index contributed by atoms with van der Waals surface area (Å²) in [6.45, 7) is 3.44. The Hall–Kier alpha value is -2.46. The van der Waals surface area contributed by atoms with E-state index in [2.05, 4.69) is 46.0 Å². The van der Waals surface area contributed by atoms with E-state index in [-0.39, 0.29) is 11.3 Å². The van der Waals surface area contributed by atoms with Gasteiger partial charge in [-0.05, 0) is 48.9 Å². The molecule has 0 atom stereocenters. The first kappa shape index (κ1) is 17.4. The maximum atomic E-state index is 11.4. The highest BCUT2D eigenvalue weighted by Gasteiger charge is 2.29. The van der Waals surface area contributed by atoms with E-state index < -0.39 is 4.92 Å². The third-order valence-electron chi connectivity index (χ3n) is 4.66. The predicted octanol–water partition coefficient (Wildman–Crippen LogP) is 4.32. The molecule has 128 valence electrons. The molecule has 0 amide bonds. The third-order valence-corrected chi connectivity index (χ3v) is 5.55. The predicted molar refractivity (Wildman–Crippen MR) is 98.7 cm³/mol. The lowest BCUT2D eigenvalue weighted by Gasteiger charge is -2.32. The third kappa shape index (κ3) is 3.49. The molecule has 1 fully saturated rings. The van der Waals surface area contributed by atoms with Gasteiger partial charge in [0.25, 0.3) is 0 Å². The van der Waals surface area contributed by atoms with Crippen LogP contribution in [0.25, 0.3) is 0 Å². The summed E-state index contributed by atoms with van der Waals surface area (Å²) in [7, 11) is 0. The molecule has 3 rings (SSSR count). The summed E-state index contributed by atoms with van der Waals surface area (Å²) >= 11 is 3.52. The number of benzene rings is 1. The number of nitro groups is 1. The van der Waals surface area contributed by atoms with Crippen molar-refractivity contribution in [3.63, 3.8) is 0 Å². The Morgan fingerprint density at radius 1 is 1.36 bits per heavy atom. The van der Waals surface area contributed by atoms with Gasteiger partial charge in [0.2, 0.25) is 5.82 Å². The van der Waals surface area contributed by atoms with Crippen LogP contribution < -0.4 is 4.90 Å². The molecule has 0 aliphatic carbocycles. The Kier molecular flexibility index (Phi) is 5.00. The number of nitriles is 1. The molecule has 7 heteroatoms. The maximum Gasteiger partial charge on any atom is 0.329 e. The quantitative estimate of drug-likeness (QED) is 0.565. The van der Waals surface area contributed by atoms with Gasteiger partial charge in [-0.25, -0.2) is 4.98 Å². The van der Waals surface area contributed by atoms with E-state index >= 15 is 0 Å². The van der Waals surface area contributed by atoms with Gasteiger partial charge < -0.3 is 4.90 Å². The van der Waals surface area contributed by atoms with E-state index in [9.17, 15) is 10.1 Å². The molecule has 0 saturated carbocycles. The average Bonchev–Trinajstić information content (AvgIpc) is 2.63. The van der Waals surface area contributed by atoms with Crippen molar-refractivity contribution < 1.29 is 4.92 Å². The Labute approximate surface area is 154 Å². The van der Waals surface area contributed by atoms with Crippen molar-refractivity contribution >= 4 is 27.4 Å². The smallest absolute Gasteiger partial charge is 0.329 e. The van der Waals surface area contributed by atoms with Gasteiger partial charge in [-0.2, -0.15) is 5.26 Å². The topological polar surface area (TPSA) is 83.1 Å². The summed E-state index contributed by atoms with van der Waals surface area (Å²) < 4.78 is 1.10. The Morgan fingerprint density at radius 2 is 2.08 bits per heavy atom. The van der Waals surface area contributed by atoms with Crippen LogP contribution in [0.1, 0.15) is 35.4 Å². The molecule has 0 unspecified atom stereocenters. The van der Waals surface area contributed by atoms with Gasteiger partial charge in [-0.1, -0.05) is 28.1 Å². The molecule has 1 aliphatic rings. The van der Waals surface area contributed by atoms with E-state index in [1.54, 1.807) is 0 Å². The fourth-order valence-electron chi connectivity index (χ4n) is 3.29. The van der Waals surface area contributed by atoms with Gasteiger partial charge in [0, 0.05) is 23.8 Å². The normalized spacial score (nSPS) is 15.0. The van der Waals surface area contributed by atoms with Crippen molar-refractivity contribution in [2.24, 2.45) is 0 Å². The second-order valence-corrected chi connectivity index (χ2v) is 7.02. The lowest BCUT2D eigenvalue weighted by atomic mass is 9.88. The molecule has 0 bridgehead atoms. The van der Waals surface area contributed by atoms with E-state index in [1.165, 1.54) is 23.4 Å². The summed E-state index contributed by atoms with van der Waals surface area (Å²) in [4.78, 5) is 17.0. The van der Waals surface area contributed by atoms with Crippen LogP contribution in [-0.4, -0.2) is 23.0 Å². The van der Waals surface area contributed by atoms with Gasteiger partial charge in [-0.15, -0.1) is 0 Å². The molecule has 1 aromatic heterocycles. The average molecular weight is 401 g/mol. The highest BCUT2D eigenvalue weighted by molar-refractivity contribution is 9.10. The number of halogens is 1. The van der Waals surface area contributed by atoms with Gasteiger partial charge in [0.05, 0.1) is 4.92 Å². The first-order valence-corrected chi connectivity index (χ1v) is 8.85. The zero-order valence-corrected chi connectivity index (χ0v) is 15.4. The molecule has 6 nitrogen and oxygen atoms in total. The summed E-state index contributed by atoms with van der Waals surface area (Å²) in [6.07, 6.45) is 3.26. The molecule has 2 aromatic rings. The van der Waals surface area contributed by atoms with E-state index in [0.29, 0.717) is 24.8 Å². The molecular formula is C18H17BrN4O2. The van der Waals surface area contributed by atoms with Crippen LogP contribution in [0.4, 0.5) is 11.5 Å². The first-order chi connectivity index (χ1) is 12.0. The number of pyridine rings is 1. The van der Waals surface area contributed by atoms with Crippen molar-refractivity contribution in [2.75, 3.05) is 18.0 Å². The standard InChI is InChI=1S/C18H17BrN4O2/c1-12-10-14(2-3-16(12)19)13-5-8-22(9-6-13)18-17(23(24)25)15(11-20)4-7-21-18/h2-4,7,10,13H,5-6,8-9H2,1H3. The van der Waals surface area contributed by atoms with Crippen molar-refractivity contribution in [2.45, 2.75) is 25.7 Å². The zero-order chi connectivity index (χ0) is 18.0. The number of rotatable bonds is 3. The molecule has 0 radical (unpaired) electrons. The summed E-state index contributed by atoms with van der Waals surface area (Å²) in [5.74, 6) is 0.732. The molecular weight excluding hydrogens is 384 g/mol. The summed E-state index contributed by atoms with van der Waals surface area (Å²) in [6, 6.07) is 9.68. The van der Waals surface area contributed by atoms with Crippen LogP contribution in [0.2, 0.25) is 0 Å². The van der Waals surface area contributed by atoms with Crippen molar-refractivity contribution in [1.29, 1.82) is 5.26 Å². The van der Waals surface area contributed by atoms with Crippen molar-refractivity contribution in [3.8, 4) is 6.07 Å². The van der Waals surface area contributed by atoms with Gasteiger partial charge in [-0.3, -0.25) is 10.1 Å². The van der Waals surface area contributed by atoms with Crippen molar-refractivity contribution in [1.82, 2.24) is 4.98 Å². The molecule has 25 heavy (non-hydrogen) atoms. The van der Waals surface area contributed by atoms with Crippen LogP contribution in [0.3, 0.4) is 0 Å². The molecule has 1 saturated heterocycles. The number of piperidine rings is 1. The maximum absolute atomic E-state index is 11.4. The van der Waals surface area contributed by atoms with E-state index in [0.717, 1.165) is 17.3 Å². The molecule has 0 N–H and O–H groups in total. The second kappa shape index (κ2) is 7.19. The van der Waals surface area contributed by atoms with Crippen molar-refractivity contribution in [3.05, 3.63) is 61.7 Å². The minimum atomic E-state index is -0.509. The molecule has 1 aliphatic heterocycles. The molecule has 0 spiro atoms. The summed E-state index contributed by atoms with van der Waals surface area (Å²) in [5, 5.41) is 20.5. The SMILES string of the molecule is Cc1cc(C2CCN(c3nccc(C#N)c3[N+](=O)[O-])CC2)ccc1Br. The summed E-state index contributed by atoms with van der Waals surface area (Å²) in [5.41, 5.74) is 2.37. The van der Waals surface area contributed by atoms with Crippen LogP contribution >= 0.6 is 15.9 Å². The number of aromatic nitrogens is 1. The number of hydrogen-bond acceptors (Lipinski definition) is 5. The lowest BCUT2D eigenvalue weighted by Crippen LogP contribution is -2.34. The molecule has 1 aromatic carbocycles. The van der Waals surface area contributed by atoms with Gasteiger partial charge in [0.15, 0.2) is 0 Å². The van der Waals surface area contributed by atoms with Crippen LogP contribution in [0.15, 0.2) is 34.9 Å². The zero-order valence-electron chi connectivity index (χ0n) is 13.8. The highest BCUT2D eigenvalue weighted by atomic mass is 79.9. The number of nitrogens with zero attached hydrogens (tertiary/aromatic N) is 4. The van der Waals surface area contributed by atoms with E-state index in [4.69, 9.17) is 5.26 Å². The monoisotopic (exact) mass is 400 g/mol. The first-order valence-electron chi connectivity index (χ1n) is 8.05. The fourth-order valence-corrected chi connectivity index (χ4v) is 3.54. The Bertz CT molecular complexity index is 855. The second-order valence-electron chi connectivity index (χ2n) is 6.17. The minimum absolute atomic E-state index is 0.0562. The minimum Gasteiger partial charge on any atom is -0.351 e. The Balaban J connectivity index is 1.80. The fraction of sp³-hybridized carbons (Fsp3) is 0.333. The largest absolute Gasteiger partial charge is 0.351 e. The van der Waals surface area contributed by atoms with Crippen LogP contribution in [0.5, 0.6) is 0 Å². The van der Waals surface area contributed by atoms with Crippen LogP contribution in [0, 0.1) is 28.4 Å². The van der Waals surface area contributed by atoms with Gasteiger partial charge in [0.1, 0.15) is 11.6 Å². The van der Waals surface area contributed by atoms with Crippen LogP contribution in [-0.2, 0) is 0 Å². The molecule has 2 heterocycles. The van der Waals surface area contributed by atoms with E-state index in [1.807, 2.05) is 11.0 Å². The lowest BCUT2D eigenvalue weighted by molar-refractivity contribution is -0.384. The number of aryl methyl sites for hydroxylation is 1. The number of anilines is 1. The highest BCUT2D eigenvalue weighted by Crippen LogP contribution is 2.35. The Morgan fingerprint density at radius 3 is 2.68 bits per heavy atom.